The van der Waals surface area contributed by atoms with Crippen LogP contribution >= 0.6 is 0 Å². The molecule has 0 aromatic heterocycles. The summed E-state index contributed by atoms with van der Waals surface area (Å²) in [5, 5.41) is 10.4. The van der Waals surface area contributed by atoms with Gasteiger partial charge in [-0.05, 0) is 43.4 Å². The molecule has 10 heteroatoms. The number of nitrogen functional groups attached to an aromatic ring is 1. The number of rotatable bonds is 10. The minimum Gasteiger partial charge on any atom is -0.384 e. The summed E-state index contributed by atoms with van der Waals surface area (Å²) >= 11 is 0. The van der Waals surface area contributed by atoms with Crippen molar-refractivity contribution in [1.82, 2.24) is 14.9 Å². The molecule has 0 bridgehead atoms. The fourth-order valence-electron chi connectivity index (χ4n) is 3.99. The van der Waals surface area contributed by atoms with Gasteiger partial charge < -0.3 is 16.0 Å². The average Bonchev–Trinajstić information content (AvgIpc) is 3.32. The van der Waals surface area contributed by atoms with Crippen LogP contribution in [0.5, 0.6) is 0 Å². The van der Waals surface area contributed by atoms with E-state index in [9.17, 15) is 18.0 Å². The number of nitrogens with one attached hydrogen (secondary N) is 3. The van der Waals surface area contributed by atoms with Crippen LogP contribution in [0.4, 0.5) is 0 Å². The Hall–Kier alpha value is -3.24. The van der Waals surface area contributed by atoms with E-state index in [4.69, 9.17) is 11.1 Å². The summed E-state index contributed by atoms with van der Waals surface area (Å²) in [4.78, 5) is 27.9. The third-order valence-corrected chi connectivity index (χ3v) is 7.23. The van der Waals surface area contributed by atoms with Crippen LogP contribution in [0.2, 0.25) is 0 Å². The van der Waals surface area contributed by atoms with Gasteiger partial charge in [0.05, 0.1) is 5.75 Å². The zero-order valence-electron chi connectivity index (χ0n) is 19.2. The van der Waals surface area contributed by atoms with Gasteiger partial charge >= 0.3 is 0 Å². The lowest BCUT2D eigenvalue weighted by molar-refractivity contribution is -0.139. The molecule has 1 aliphatic heterocycles. The summed E-state index contributed by atoms with van der Waals surface area (Å²) in [7, 11) is -3.63. The highest BCUT2D eigenvalue weighted by Crippen LogP contribution is 2.20. The van der Waals surface area contributed by atoms with Crippen LogP contribution in [0.15, 0.2) is 54.6 Å². The number of carbonyl (C=O) groups is 2. The highest BCUT2D eigenvalue weighted by molar-refractivity contribution is 7.89. The molecule has 0 saturated carbocycles. The van der Waals surface area contributed by atoms with Crippen LogP contribution in [0, 0.1) is 5.41 Å². The number of nitrogens with zero attached hydrogens (tertiary/aromatic N) is 1. The summed E-state index contributed by atoms with van der Waals surface area (Å²) in [5.41, 5.74) is 7.71. The summed E-state index contributed by atoms with van der Waals surface area (Å²) in [6, 6.07) is 14.6. The third-order valence-electron chi connectivity index (χ3n) is 5.83. The molecule has 1 fully saturated rings. The Balaban J connectivity index is 1.72. The minimum absolute atomic E-state index is 0.0558. The molecule has 1 saturated heterocycles. The van der Waals surface area contributed by atoms with Crippen molar-refractivity contribution >= 4 is 27.7 Å². The van der Waals surface area contributed by atoms with Gasteiger partial charge in [0, 0.05) is 18.7 Å². The van der Waals surface area contributed by atoms with Gasteiger partial charge in [0.2, 0.25) is 21.8 Å². The van der Waals surface area contributed by atoms with Crippen molar-refractivity contribution in [2.45, 2.75) is 44.8 Å². The molecule has 9 nitrogen and oxygen atoms in total. The second-order valence-electron chi connectivity index (χ2n) is 8.29. The molecule has 0 unspecified atom stereocenters. The SMILES string of the molecule is CCS(=O)(=O)N[C@H](Cc1ccccc1)C(=O)N1CCC[C@H]1C(=O)NCc1cccc(C(=N)N)c1. The highest BCUT2D eigenvalue weighted by Gasteiger charge is 2.38. The number of likely N-dealkylation sites (tertiary alicyclic amines) is 1. The topological polar surface area (TPSA) is 145 Å². The summed E-state index contributed by atoms with van der Waals surface area (Å²) in [5.74, 6) is -0.901. The molecular formula is C24H31N5O4S. The average molecular weight is 486 g/mol. The van der Waals surface area contributed by atoms with Crippen LogP contribution in [0.25, 0.3) is 0 Å². The van der Waals surface area contributed by atoms with E-state index < -0.39 is 28.0 Å². The number of nitrogens with two attached hydrogens (primary N) is 1. The van der Waals surface area contributed by atoms with Crippen LogP contribution in [0.3, 0.4) is 0 Å². The number of hydrogen-bond acceptors (Lipinski definition) is 5. The summed E-state index contributed by atoms with van der Waals surface area (Å²) < 4.78 is 27.1. The van der Waals surface area contributed by atoms with Gasteiger partial charge in [-0.15, -0.1) is 0 Å². The molecule has 2 aromatic carbocycles. The molecule has 1 heterocycles. The number of hydrogen-bond donors (Lipinski definition) is 4. The fraction of sp³-hybridized carbons (Fsp3) is 0.375. The number of amides is 2. The summed E-state index contributed by atoms with van der Waals surface area (Å²) in [6.45, 7) is 2.13. The Morgan fingerprint density at radius 3 is 2.53 bits per heavy atom. The number of benzene rings is 2. The molecule has 3 rings (SSSR count). The zero-order valence-corrected chi connectivity index (χ0v) is 20.0. The van der Waals surface area contributed by atoms with Crippen LogP contribution in [-0.4, -0.2) is 55.3 Å². The largest absolute Gasteiger partial charge is 0.384 e. The normalized spacial score (nSPS) is 16.7. The third kappa shape index (κ3) is 6.64. The van der Waals surface area contributed by atoms with E-state index in [-0.39, 0.29) is 30.5 Å². The molecule has 0 aliphatic carbocycles. The number of amidine groups is 1. The minimum atomic E-state index is -3.63. The molecule has 0 spiro atoms. The number of sulfonamides is 1. The lowest BCUT2D eigenvalue weighted by Gasteiger charge is -2.28. The Bertz CT molecular complexity index is 1140. The molecule has 5 N–H and O–H groups in total. The van der Waals surface area contributed by atoms with E-state index in [1.807, 2.05) is 36.4 Å². The van der Waals surface area contributed by atoms with Crippen molar-refractivity contribution in [3.05, 3.63) is 71.3 Å². The zero-order chi connectivity index (χ0) is 24.7. The fourth-order valence-corrected chi connectivity index (χ4v) is 4.77. The Morgan fingerprint density at radius 1 is 1.15 bits per heavy atom. The molecule has 2 atom stereocenters. The first kappa shape index (κ1) is 25.4. The highest BCUT2D eigenvalue weighted by atomic mass is 32.2. The molecule has 2 amide bonds. The Labute approximate surface area is 200 Å². The van der Waals surface area contributed by atoms with Crippen LogP contribution in [0.1, 0.15) is 36.5 Å². The maximum atomic E-state index is 13.4. The molecular weight excluding hydrogens is 454 g/mol. The lowest BCUT2D eigenvalue weighted by Crippen LogP contribution is -2.54. The molecule has 0 radical (unpaired) electrons. The van der Waals surface area contributed by atoms with Crippen molar-refractivity contribution in [1.29, 1.82) is 5.41 Å². The predicted octanol–water partition coefficient (Wildman–Crippen LogP) is 1.13. The Morgan fingerprint density at radius 2 is 1.85 bits per heavy atom. The van der Waals surface area contributed by atoms with E-state index in [0.717, 1.165) is 11.1 Å². The number of carbonyl (C=O) groups excluding carboxylic acids is 2. The second kappa shape index (κ2) is 11.3. The van der Waals surface area contributed by atoms with E-state index >= 15 is 0 Å². The smallest absolute Gasteiger partial charge is 0.243 e. The van der Waals surface area contributed by atoms with E-state index in [2.05, 4.69) is 10.0 Å². The van der Waals surface area contributed by atoms with Crippen molar-refractivity contribution in [2.75, 3.05) is 12.3 Å². The predicted molar refractivity (Wildman–Crippen MR) is 131 cm³/mol. The van der Waals surface area contributed by atoms with E-state index in [1.54, 1.807) is 18.2 Å². The molecule has 34 heavy (non-hydrogen) atoms. The monoisotopic (exact) mass is 485 g/mol. The van der Waals surface area contributed by atoms with Gasteiger partial charge in [-0.3, -0.25) is 15.0 Å². The first-order valence-electron chi connectivity index (χ1n) is 11.3. The van der Waals surface area contributed by atoms with Gasteiger partial charge in [-0.2, -0.15) is 0 Å². The second-order valence-corrected chi connectivity index (χ2v) is 10.3. The van der Waals surface area contributed by atoms with Crippen molar-refractivity contribution < 1.29 is 18.0 Å². The molecule has 182 valence electrons. The maximum Gasteiger partial charge on any atom is 0.243 e. The first-order valence-corrected chi connectivity index (χ1v) is 12.9. The van der Waals surface area contributed by atoms with Crippen LogP contribution in [-0.2, 0) is 32.6 Å². The van der Waals surface area contributed by atoms with E-state index in [0.29, 0.717) is 24.9 Å². The van der Waals surface area contributed by atoms with Crippen LogP contribution < -0.4 is 15.8 Å². The maximum absolute atomic E-state index is 13.4. The first-order chi connectivity index (χ1) is 16.2. The Kier molecular flexibility index (Phi) is 8.41. The van der Waals surface area contributed by atoms with Gasteiger partial charge in [-0.25, -0.2) is 13.1 Å². The summed E-state index contributed by atoms with van der Waals surface area (Å²) in [6.07, 6.45) is 1.35. The van der Waals surface area contributed by atoms with Gasteiger partial charge in [0.25, 0.3) is 0 Å². The lowest BCUT2D eigenvalue weighted by atomic mass is 10.0. The quantitative estimate of drug-likeness (QED) is 0.294. The standard InChI is InChI=1S/C24H31N5O4S/c1-2-34(32,33)28-20(15-17-8-4-3-5-9-17)24(31)29-13-7-12-21(29)23(30)27-16-18-10-6-11-19(14-18)22(25)26/h3-6,8-11,14,20-21,28H,2,7,12-13,15-16H2,1H3,(H3,25,26)(H,27,30)/t20-,21+/m1/s1. The van der Waals surface area contributed by atoms with Crippen molar-refractivity contribution in [3.8, 4) is 0 Å². The van der Waals surface area contributed by atoms with Gasteiger partial charge in [-0.1, -0.05) is 48.5 Å². The molecule has 2 aromatic rings. The van der Waals surface area contributed by atoms with Crippen molar-refractivity contribution in [2.24, 2.45) is 5.73 Å². The van der Waals surface area contributed by atoms with Gasteiger partial charge in [0.1, 0.15) is 17.9 Å². The molecule has 1 aliphatic rings. The van der Waals surface area contributed by atoms with E-state index in [1.165, 1.54) is 11.8 Å². The van der Waals surface area contributed by atoms with Gasteiger partial charge in [0.15, 0.2) is 0 Å². The van der Waals surface area contributed by atoms with Crippen molar-refractivity contribution in [3.63, 3.8) is 0 Å².